The molecule has 2 atom stereocenters. The van der Waals surface area contributed by atoms with Crippen molar-refractivity contribution < 1.29 is 9.53 Å². The van der Waals surface area contributed by atoms with Gasteiger partial charge in [-0.1, -0.05) is 49.0 Å². The maximum atomic E-state index is 12.6. The Kier molecular flexibility index (Phi) is 3.31. The number of methoxy groups -OCH3 is 1. The van der Waals surface area contributed by atoms with Gasteiger partial charge < -0.3 is 9.72 Å². The minimum Gasteiger partial charge on any atom is -0.468 e. The first-order chi connectivity index (χ1) is 12.7. The molecule has 0 aliphatic carbocycles. The highest BCUT2D eigenvalue weighted by atomic mass is 16.5. The molecule has 0 fully saturated rings. The van der Waals surface area contributed by atoms with Crippen LogP contribution in [0.1, 0.15) is 28.4 Å². The van der Waals surface area contributed by atoms with E-state index in [-0.39, 0.29) is 18.1 Å². The van der Waals surface area contributed by atoms with E-state index in [0.29, 0.717) is 13.0 Å². The van der Waals surface area contributed by atoms with Gasteiger partial charge in [-0.15, -0.1) is 0 Å². The summed E-state index contributed by atoms with van der Waals surface area (Å²) in [6, 6.07) is 16.4. The fourth-order valence-corrected chi connectivity index (χ4v) is 4.58. The summed E-state index contributed by atoms with van der Waals surface area (Å²) in [5.74, 6) is -0.182. The van der Waals surface area contributed by atoms with Gasteiger partial charge in [-0.05, 0) is 28.3 Å². The second kappa shape index (κ2) is 5.58. The number of hydrogen-bond donors (Lipinski definition) is 1. The van der Waals surface area contributed by atoms with Crippen LogP contribution in [0.4, 0.5) is 0 Å². The Labute approximate surface area is 152 Å². The second-order valence-corrected chi connectivity index (χ2v) is 7.07. The maximum Gasteiger partial charge on any atom is 0.323 e. The highest BCUT2D eigenvalue weighted by molar-refractivity contribution is 5.88. The van der Waals surface area contributed by atoms with Crippen LogP contribution in [0.3, 0.4) is 0 Å². The van der Waals surface area contributed by atoms with Gasteiger partial charge in [0, 0.05) is 29.6 Å². The molecule has 4 heteroatoms. The first-order valence-corrected chi connectivity index (χ1v) is 8.89. The third kappa shape index (κ3) is 2.02. The molecule has 2 aromatic carbocycles. The molecular weight excluding hydrogens is 324 g/mol. The number of H-pyrrole nitrogens is 1. The number of nitrogens with zero attached hydrogens (tertiary/aromatic N) is 1. The molecule has 0 unspecified atom stereocenters. The zero-order valence-electron chi connectivity index (χ0n) is 14.7. The average molecular weight is 344 g/mol. The Balaban J connectivity index is 1.79. The Bertz CT molecular complexity index is 1050. The topological polar surface area (TPSA) is 45.3 Å². The lowest BCUT2D eigenvalue weighted by atomic mass is 9.81. The van der Waals surface area contributed by atoms with Crippen LogP contribution in [-0.4, -0.2) is 35.5 Å². The van der Waals surface area contributed by atoms with E-state index in [9.17, 15) is 4.79 Å². The number of rotatable bonds is 1. The number of aromatic amines is 1. The number of ether oxygens (including phenoxy) is 1. The van der Waals surface area contributed by atoms with Gasteiger partial charge in [0.1, 0.15) is 6.04 Å². The number of para-hydroxylation sites is 1. The van der Waals surface area contributed by atoms with E-state index in [4.69, 9.17) is 4.74 Å². The lowest BCUT2D eigenvalue weighted by Gasteiger charge is -2.44. The van der Waals surface area contributed by atoms with E-state index in [1.54, 1.807) is 0 Å². The fourth-order valence-electron chi connectivity index (χ4n) is 4.58. The molecule has 0 radical (unpaired) electrons. The molecule has 3 heterocycles. The van der Waals surface area contributed by atoms with Crippen LogP contribution >= 0.6 is 0 Å². The molecule has 0 saturated heterocycles. The molecule has 5 rings (SSSR count). The van der Waals surface area contributed by atoms with Crippen molar-refractivity contribution in [3.63, 3.8) is 0 Å². The number of fused-ring (bicyclic) bond motifs is 7. The normalized spacial score (nSPS) is 21.8. The summed E-state index contributed by atoms with van der Waals surface area (Å²) >= 11 is 0. The summed E-state index contributed by atoms with van der Waals surface area (Å²) in [6.07, 6.45) is 0.651. The molecule has 0 amide bonds. The molecule has 1 aromatic heterocycles. The predicted molar refractivity (Wildman–Crippen MR) is 102 cm³/mol. The highest BCUT2D eigenvalue weighted by Gasteiger charge is 2.44. The summed E-state index contributed by atoms with van der Waals surface area (Å²) in [5.41, 5.74) is 6.95. The van der Waals surface area contributed by atoms with Crippen LogP contribution < -0.4 is 0 Å². The minimum absolute atomic E-state index is 0.0111. The third-order valence-electron chi connectivity index (χ3n) is 5.73. The van der Waals surface area contributed by atoms with Gasteiger partial charge in [0.2, 0.25) is 0 Å². The second-order valence-electron chi connectivity index (χ2n) is 7.07. The van der Waals surface area contributed by atoms with E-state index in [0.717, 1.165) is 11.1 Å². The summed E-state index contributed by atoms with van der Waals surface area (Å²) in [6.45, 7) is 4.92. The van der Waals surface area contributed by atoms with Crippen LogP contribution in [0.15, 0.2) is 55.1 Å². The summed E-state index contributed by atoms with van der Waals surface area (Å²) in [4.78, 5) is 18.5. The van der Waals surface area contributed by atoms with Gasteiger partial charge >= 0.3 is 5.97 Å². The number of benzene rings is 2. The van der Waals surface area contributed by atoms with Crippen molar-refractivity contribution in [2.75, 3.05) is 13.7 Å². The van der Waals surface area contributed by atoms with E-state index in [1.807, 2.05) is 18.2 Å². The quantitative estimate of drug-likeness (QED) is 0.685. The largest absolute Gasteiger partial charge is 0.468 e. The SMILES string of the molecule is C=C1CN2[C@H](c3ccccc31)c1[nH]c3ccccc3c1C[C@H]2C(=O)OC. The molecule has 2 aliphatic heterocycles. The van der Waals surface area contributed by atoms with Gasteiger partial charge in [0.25, 0.3) is 0 Å². The fraction of sp³-hybridized carbons (Fsp3) is 0.227. The smallest absolute Gasteiger partial charge is 0.323 e. The molecule has 0 saturated carbocycles. The van der Waals surface area contributed by atoms with Crippen LogP contribution in [-0.2, 0) is 16.0 Å². The zero-order valence-corrected chi connectivity index (χ0v) is 14.7. The Morgan fingerprint density at radius 3 is 2.81 bits per heavy atom. The molecule has 2 aliphatic rings. The molecule has 3 aromatic rings. The number of esters is 1. The Morgan fingerprint density at radius 2 is 1.96 bits per heavy atom. The van der Waals surface area contributed by atoms with Crippen molar-refractivity contribution in [3.8, 4) is 0 Å². The first kappa shape index (κ1) is 15.4. The van der Waals surface area contributed by atoms with Crippen molar-refractivity contribution in [1.29, 1.82) is 0 Å². The van der Waals surface area contributed by atoms with Gasteiger partial charge in [-0.2, -0.15) is 0 Å². The lowest BCUT2D eigenvalue weighted by Crippen LogP contribution is -2.51. The van der Waals surface area contributed by atoms with Crippen LogP contribution in [0, 0.1) is 0 Å². The zero-order chi connectivity index (χ0) is 17.8. The van der Waals surface area contributed by atoms with Gasteiger partial charge in [-0.25, -0.2) is 0 Å². The monoisotopic (exact) mass is 344 g/mol. The van der Waals surface area contributed by atoms with Gasteiger partial charge in [0.05, 0.1) is 13.2 Å². The molecule has 1 N–H and O–H groups in total. The highest BCUT2D eigenvalue weighted by Crippen LogP contribution is 2.46. The number of carbonyl (C=O) groups excluding carboxylic acids is 1. The van der Waals surface area contributed by atoms with Crippen LogP contribution in [0.25, 0.3) is 16.5 Å². The number of hydrogen-bond acceptors (Lipinski definition) is 3. The van der Waals surface area contributed by atoms with Crippen LogP contribution in [0.5, 0.6) is 0 Å². The van der Waals surface area contributed by atoms with Crippen molar-refractivity contribution in [2.45, 2.75) is 18.5 Å². The summed E-state index contributed by atoms with van der Waals surface area (Å²) in [5, 5.41) is 1.19. The predicted octanol–water partition coefficient (Wildman–Crippen LogP) is 3.68. The minimum atomic E-state index is -0.304. The van der Waals surface area contributed by atoms with Crippen molar-refractivity contribution >= 4 is 22.4 Å². The maximum absolute atomic E-state index is 12.6. The Morgan fingerprint density at radius 1 is 1.19 bits per heavy atom. The molecule has 130 valence electrons. The van der Waals surface area contributed by atoms with Gasteiger partial charge in [-0.3, -0.25) is 9.69 Å². The van der Waals surface area contributed by atoms with Crippen molar-refractivity contribution in [3.05, 3.63) is 77.5 Å². The Hall–Kier alpha value is -2.85. The van der Waals surface area contributed by atoms with E-state index < -0.39 is 0 Å². The molecule has 26 heavy (non-hydrogen) atoms. The van der Waals surface area contributed by atoms with Crippen LogP contribution in [0.2, 0.25) is 0 Å². The van der Waals surface area contributed by atoms with E-state index >= 15 is 0 Å². The summed E-state index contributed by atoms with van der Waals surface area (Å²) in [7, 11) is 1.47. The molecular formula is C22H20N2O2. The first-order valence-electron chi connectivity index (χ1n) is 8.89. The number of carbonyl (C=O) groups is 1. The summed E-state index contributed by atoms with van der Waals surface area (Å²) < 4.78 is 5.15. The van der Waals surface area contributed by atoms with Crippen molar-refractivity contribution in [1.82, 2.24) is 9.88 Å². The van der Waals surface area contributed by atoms with Crippen molar-refractivity contribution in [2.24, 2.45) is 0 Å². The van der Waals surface area contributed by atoms with E-state index in [1.165, 1.54) is 34.9 Å². The number of nitrogens with one attached hydrogen (secondary N) is 1. The third-order valence-corrected chi connectivity index (χ3v) is 5.73. The van der Waals surface area contributed by atoms with Gasteiger partial charge in [0.15, 0.2) is 0 Å². The molecule has 4 nitrogen and oxygen atoms in total. The standard InChI is InChI=1S/C22H20N2O2/c1-13-12-24-19(22(25)26-2)11-17-15-8-5-6-10-18(15)23-20(17)21(24)16-9-4-3-7-14(13)16/h3-10,19,21,23H,1,11-12H2,2H3/t19-,21+/m0/s1. The van der Waals surface area contributed by atoms with E-state index in [2.05, 4.69) is 46.8 Å². The molecule has 0 spiro atoms. The average Bonchev–Trinajstić information content (AvgIpc) is 3.05. The lowest BCUT2D eigenvalue weighted by molar-refractivity contribution is -0.148. The molecule has 0 bridgehead atoms. The number of aromatic nitrogens is 1.